The standard InChI is InChI=1S/C46H27N3S/c1-2-10-29-25-30(18-17-28(29)9-1)47(32-19-21-36-35-13-5-8-16-43(35)50-44(36)27-32)31-20-24-41-42(26-31)49-40-15-7-4-12-34(40)38-23-22-37-33-11-3-6-14-39(33)48(41)45(37)46(38)49/h1-27H. The molecule has 0 saturated heterocycles. The summed E-state index contributed by atoms with van der Waals surface area (Å²) < 4.78 is 7.62. The molecule has 0 amide bonds. The molecule has 0 aliphatic rings. The molecule has 0 spiro atoms. The van der Waals surface area contributed by atoms with E-state index in [2.05, 4.69) is 177 Å². The molecule has 0 bridgehead atoms. The highest BCUT2D eigenvalue weighted by Crippen LogP contribution is 2.45. The molecule has 0 aliphatic heterocycles. The van der Waals surface area contributed by atoms with E-state index < -0.39 is 0 Å². The van der Waals surface area contributed by atoms with Crippen molar-refractivity contribution in [3.05, 3.63) is 164 Å². The summed E-state index contributed by atoms with van der Waals surface area (Å²) in [6, 6.07) is 60.6. The molecule has 4 aromatic heterocycles. The summed E-state index contributed by atoms with van der Waals surface area (Å²) in [4.78, 5) is 2.43. The SMILES string of the molecule is c1ccc2cc(N(c3ccc4c(c3)sc3ccccc34)c3ccc4c(c3)n3c5ccccc5c5ccc6c7ccccc7n4c6c53)ccc2c1. The summed E-state index contributed by atoms with van der Waals surface area (Å²) >= 11 is 1.87. The Morgan fingerprint density at radius 2 is 0.880 bits per heavy atom. The quantitative estimate of drug-likeness (QED) is 0.173. The van der Waals surface area contributed by atoms with E-state index in [-0.39, 0.29) is 0 Å². The number of benzene rings is 8. The molecule has 232 valence electrons. The van der Waals surface area contributed by atoms with Gasteiger partial charge in [0.15, 0.2) is 0 Å². The number of anilines is 3. The van der Waals surface area contributed by atoms with E-state index in [1.54, 1.807) is 0 Å². The molecule has 4 heteroatoms. The monoisotopic (exact) mass is 653 g/mol. The van der Waals surface area contributed by atoms with Crippen molar-refractivity contribution >= 4 is 114 Å². The molecule has 50 heavy (non-hydrogen) atoms. The van der Waals surface area contributed by atoms with Gasteiger partial charge in [-0.05, 0) is 71.4 Å². The van der Waals surface area contributed by atoms with Gasteiger partial charge in [-0.3, -0.25) is 0 Å². The molecule has 12 aromatic rings. The van der Waals surface area contributed by atoms with Crippen LogP contribution in [0, 0.1) is 0 Å². The largest absolute Gasteiger partial charge is 0.310 e. The van der Waals surface area contributed by atoms with Crippen molar-refractivity contribution < 1.29 is 0 Å². The second kappa shape index (κ2) is 9.63. The third-order valence-corrected chi connectivity index (χ3v) is 11.9. The molecule has 0 unspecified atom stereocenters. The molecule has 0 saturated carbocycles. The van der Waals surface area contributed by atoms with Gasteiger partial charge in [-0.2, -0.15) is 0 Å². The number of hydrogen-bond donors (Lipinski definition) is 0. The van der Waals surface area contributed by atoms with Gasteiger partial charge in [-0.1, -0.05) is 103 Å². The molecule has 0 aliphatic carbocycles. The van der Waals surface area contributed by atoms with E-state index >= 15 is 0 Å². The van der Waals surface area contributed by atoms with Gasteiger partial charge in [0.2, 0.25) is 0 Å². The maximum Gasteiger partial charge on any atom is 0.0789 e. The predicted octanol–water partition coefficient (Wildman–Crippen LogP) is 13.2. The van der Waals surface area contributed by atoms with Crippen molar-refractivity contribution in [2.75, 3.05) is 4.90 Å². The van der Waals surface area contributed by atoms with Gasteiger partial charge < -0.3 is 13.7 Å². The van der Waals surface area contributed by atoms with Crippen molar-refractivity contribution in [3.8, 4) is 0 Å². The predicted molar refractivity (Wildman–Crippen MR) is 215 cm³/mol. The van der Waals surface area contributed by atoms with Gasteiger partial charge in [0.1, 0.15) is 0 Å². The third-order valence-electron chi connectivity index (χ3n) is 10.8. The van der Waals surface area contributed by atoms with E-state index in [1.807, 2.05) is 11.3 Å². The summed E-state index contributed by atoms with van der Waals surface area (Å²) in [5.41, 5.74) is 10.8. The van der Waals surface area contributed by atoms with Gasteiger partial charge in [0, 0.05) is 58.8 Å². The summed E-state index contributed by atoms with van der Waals surface area (Å²) in [7, 11) is 0. The van der Waals surface area contributed by atoms with E-state index in [1.165, 1.54) is 85.6 Å². The average Bonchev–Trinajstić information content (AvgIpc) is 3.83. The number of thiophene rings is 1. The molecule has 0 radical (unpaired) electrons. The van der Waals surface area contributed by atoms with E-state index in [9.17, 15) is 0 Å². The first-order valence-electron chi connectivity index (χ1n) is 17.1. The fraction of sp³-hybridized carbons (Fsp3) is 0. The highest BCUT2D eigenvalue weighted by molar-refractivity contribution is 7.25. The summed E-state index contributed by atoms with van der Waals surface area (Å²) in [6.45, 7) is 0. The Morgan fingerprint density at radius 3 is 1.66 bits per heavy atom. The molecule has 0 fully saturated rings. The minimum Gasteiger partial charge on any atom is -0.310 e. The van der Waals surface area contributed by atoms with Crippen LogP contribution >= 0.6 is 11.3 Å². The zero-order valence-electron chi connectivity index (χ0n) is 26.8. The first kappa shape index (κ1) is 26.6. The highest BCUT2D eigenvalue weighted by atomic mass is 32.1. The molecule has 0 atom stereocenters. The number of rotatable bonds is 3. The fourth-order valence-corrected chi connectivity index (χ4v) is 9.78. The Morgan fingerprint density at radius 1 is 0.340 bits per heavy atom. The molecule has 12 rings (SSSR count). The second-order valence-electron chi connectivity index (χ2n) is 13.4. The highest BCUT2D eigenvalue weighted by Gasteiger charge is 2.23. The van der Waals surface area contributed by atoms with Crippen LogP contribution in [0.4, 0.5) is 17.1 Å². The number of nitrogens with zero attached hydrogens (tertiary/aromatic N) is 3. The first-order valence-corrected chi connectivity index (χ1v) is 17.9. The zero-order chi connectivity index (χ0) is 32.5. The van der Waals surface area contributed by atoms with Crippen molar-refractivity contribution in [1.29, 1.82) is 0 Å². The van der Waals surface area contributed by atoms with Crippen LogP contribution in [-0.2, 0) is 0 Å². The van der Waals surface area contributed by atoms with Crippen LogP contribution in [0.3, 0.4) is 0 Å². The molecule has 0 N–H and O–H groups in total. The van der Waals surface area contributed by atoms with Gasteiger partial charge in [0.05, 0.1) is 33.1 Å². The molecular formula is C46H27N3S. The Kier molecular flexibility index (Phi) is 5.12. The Labute approximate surface area is 290 Å². The summed E-state index contributed by atoms with van der Waals surface area (Å²) in [5.74, 6) is 0. The lowest BCUT2D eigenvalue weighted by molar-refractivity contribution is 1.24. The topological polar surface area (TPSA) is 12.1 Å². The van der Waals surface area contributed by atoms with Crippen LogP contribution in [0.1, 0.15) is 0 Å². The van der Waals surface area contributed by atoms with Crippen molar-refractivity contribution in [2.45, 2.75) is 0 Å². The molecule has 8 aromatic carbocycles. The maximum atomic E-state index is 2.51. The number of para-hydroxylation sites is 2. The van der Waals surface area contributed by atoms with Gasteiger partial charge in [-0.25, -0.2) is 0 Å². The normalized spacial score (nSPS) is 12.4. The average molecular weight is 654 g/mol. The summed E-state index contributed by atoms with van der Waals surface area (Å²) in [5, 5.41) is 10.2. The zero-order valence-corrected chi connectivity index (χ0v) is 27.7. The Balaban J connectivity index is 1.21. The summed E-state index contributed by atoms with van der Waals surface area (Å²) in [6.07, 6.45) is 0. The van der Waals surface area contributed by atoms with Gasteiger partial charge in [0.25, 0.3) is 0 Å². The van der Waals surface area contributed by atoms with Crippen LogP contribution in [0.5, 0.6) is 0 Å². The fourth-order valence-electron chi connectivity index (χ4n) is 8.64. The molecular weight excluding hydrogens is 627 g/mol. The third kappa shape index (κ3) is 3.43. The van der Waals surface area contributed by atoms with Crippen LogP contribution in [0.25, 0.3) is 85.6 Å². The second-order valence-corrected chi connectivity index (χ2v) is 14.5. The minimum absolute atomic E-state index is 1.12. The van der Waals surface area contributed by atoms with E-state index in [0.29, 0.717) is 0 Å². The minimum atomic E-state index is 1.12. The van der Waals surface area contributed by atoms with Crippen molar-refractivity contribution in [3.63, 3.8) is 0 Å². The number of hydrogen-bond acceptors (Lipinski definition) is 2. The Bertz CT molecular complexity index is 3340. The van der Waals surface area contributed by atoms with Gasteiger partial charge in [-0.15, -0.1) is 11.3 Å². The van der Waals surface area contributed by atoms with Crippen LogP contribution in [-0.4, -0.2) is 8.80 Å². The van der Waals surface area contributed by atoms with E-state index in [0.717, 1.165) is 17.1 Å². The molecule has 3 nitrogen and oxygen atoms in total. The van der Waals surface area contributed by atoms with Crippen molar-refractivity contribution in [2.24, 2.45) is 0 Å². The van der Waals surface area contributed by atoms with Gasteiger partial charge >= 0.3 is 0 Å². The number of fused-ring (bicyclic) bond motifs is 13. The first-order chi connectivity index (χ1) is 24.8. The number of aromatic nitrogens is 2. The molecule has 4 heterocycles. The Hall–Kier alpha value is -6.36. The lowest BCUT2D eigenvalue weighted by Gasteiger charge is -2.26. The maximum absolute atomic E-state index is 2.51. The van der Waals surface area contributed by atoms with Crippen molar-refractivity contribution in [1.82, 2.24) is 8.80 Å². The lowest BCUT2D eigenvalue weighted by Crippen LogP contribution is -2.10. The smallest absolute Gasteiger partial charge is 0.0789 e. The van der Waals surface area contributed by atoms with Crippen LogP contribution in [0.15, 0.2) is 164 Å². The lowest BCUT2D eigenvalue weighted by atomic mass is 10.1. The van der Waals surface area contributed by atoms with E-state index in [4.69, 9.17) is 0 Å². The van der Waals surface area contributed by atoms with Crippen LogP contribution < -0.4 is 4.90 Å². The van der Waals surface area contributed by atoms with Crippen LogP contribution in [0.2, 0.25) is 0 Å².